The molecule has 1 amide bonds. The largest absolute Gasteiger partial charge is 0.467 e. The molecule has 0 aliphatic carbocycles. The molecule has 0 aliphatic heterocycles. The first-order chi connectivity index (χ1) is 12.0. The van der Waals surface area contributed by atoms with Crippen molar-refractivity contribution in [3.63, 3.8) is 0 Å². The Kier molecular flexibility index (Phi) is 4.76. The van der Waals surface area contributed by atoms with Gasteiger partial charge in [0.25, 0.3) is 11.7 Å². The number of amides is 1. The number of ketones is 1. The number of nitrogens with zero attached hydrogens (tertiary/aromatic N) is 1. The van der Waals surface area contributed by atoms with E-state index in [2.05, 4.69) is 5.32 Å². The monoisotopic (exact) mass is 356 g/mol. The fourth-order valence-electron chi connectivity index (χ4n) is 2.79. The summed E-state index contributed by atoms with van der Waals surface area (Å²) in [4.78, 5) is 24.7. The molecule has 5 nitrogen and oxygen atoms in total. The molecule has 25 heavy (non-hydrogen) atoms. The molecule has 0 spiro atoms. The number of aryl methyl sites for hydroxylation is 1. The van der Waals surface area contributed by atoms with Crippen molar-refractivity contribution in [3.05, 3.63) is 76.5 Å². The minimum absolute atomic E-state index is 0.171. The maximum atomic E-state index is 12.5. The molecule has 1 aromatic carbocycles. The molecule has 128 valence electrons. The van der Waals surface area contributed by atoms with Gasteiger partial charge in [-0.15, -0.1) is 0 Å². The lowest BCUT2D eigenvalue weighted by atomic mass is 10.1. The van der Waals surface area contributed by atoms with Crippen LogP contribution in [-0.2, 0) is 11.3 Å². The van der Waals surface area contributed by atoms with Crippen molar-refractivity contribution in [2.45, 2.75) is 20.4 Å². The zero-order valence-electron chi connectivity index (χ0n) is 13.9. The molecular formula is C19H17ClN2O3. The third-order valence-corrected chi connectivity index (χ3v) is 4.19. The Hall–Kier alpha value is -2.79. The number of carbonyl (C=O) groups is 2. The average molecular weight is 357 g/mol. The Morgan fingerprint density at radius 1 is 1.16 bits per heavy atom. The molecule has 2 heterocycles. The summed E-state index contributed by atoms with van der Waals surface area (Å²) >= 11 is 6.06. The first-order valence-electron chi connectivity index (χ1n) is 7.77. The SMILES string of the molecule is Cc1cc(C(=O)C(=O)NCc2ccco2)c(C)n1-c1cccc(Cl)c1. The van der Waals surface area contributed by atoms with E-state index in [-0.39, 0.29) is 6.54 Å². The van der Waals surface area contributed by atoms with Crippen LogP contribution >= 0.6 is 11.6 Å². The van der Waals surface area contributed by atoms with Crippen LogP contribution in [0.5, 0.6) is 0 Å². The van der Waals surface area contributed by atoms with E-state index in [4.69, 9.17) is 16.0 Å². The lowest BCUT2D eigenvalue weighted by molar-refractivity contribution is -0.117. The van der Waals surface area contributed by atoms with Crippen molar-refractivity contribution in [2.24, 2.45) is 0 Å². The molecule has 6 heteroatoms. The van der Waals surface area contributed by atoms with Crippen LogP contribution in [0.15, 0.2) is 53.1 Å². The average Bonchev–Trinajstić information content (AvgIpc) is 3.20. The van der Waals surface area contributed by atoms with Crippen LogP contribution in [0.25, 0.3) is 5.69 Å². The van der Waals surface area contributed by atoms with Crippen LogP contribution in [0.1, 0.15) is 27.5 Å². The molecule has 0 atom stereocenters. The van der Waals surface area contributed by atoms with Gasteiger partial charge in [0, 0.05) is 27.7 Å². The molecule has 0 radical (unpaired) electrons. The second-order valence-corrected chi connectivity index (χ2v) is 6.13. The van der Waals surface area contributed by atoms with Crippen molar-refractivity contribution in [2.75, 3.05) is 0 Å². The standard InChI is InChI=1S/C19H17ClN2O3/c1-12-9-17(13(2)22(12)15-6-3-5-14(20)10-15)18(23)19(24)21-11-16-7-4-8-25-16/h3-10H,11H2,1-2H3,(H,21,24). The van der Waals surface area contributed by atoms with Crippen LogP contribution in [-0.4, -0.2) is 16.3 Å². The molecule has 3 aromatic rings. The summed E-state index contributed by atoms with van der Waals surface area (Å²) in [5, 5.41) is 3.18. The van der Waals surface area contributed by atoms with Gasteiger partial charge in [0.05, 0.1) is 12.8 Å². The second-order valence-electron chi connectivity index (χ2n) is 5.69. The molecule has 0 saturated heterocycles. The zero-order chi connectivity index (χ0) is 18.0. The summed E-state index contributed by atoms with van der Waals surface area (Å²) in [5.41, 5.74) is 2.76. The molecule has 3 rings (SSSR count). The van der Waals surface area contributed by atoms with Crippen LogP contribution in [0.4, 0.5) is 0 Å². The van der Waals surface area contributed by atoms with Gasteiger partial charge < -0.3 is 14.3 Å². The number of Topliss-reactive ketones (excluding diaryl/α,β-unsaturated/α-hetero) is 1. The van der Waals surface area contributed by atoms with Gasteiger partial charge in [0.1, 0.15) is 5.76 Å². The number of halogens is 1. The van der Waals surface area contributed by atoms with E-state index in [1.165, 1.54) is 6.26 Å². The highest BCUT2D eigenvalue weighted by Gasteiger charge is 2.22. The molecule has 2 aromatic heterocycles. The van der Waals surface area contributed by atoms with E-state index < -0.39 is 11.7 Å². The van der Waals surface area contributed by atoms with E-state index in [0.717, 1.165) is 11.4 Å². The number of rotatable bonds is 5. The minimum Gasteiger partial charge on any atom is -0.467 e. The topological polar surface area (TPSA) is 64.2 Å². The van der Waals surface area contributed by atoms with Gasteiger partial charge in [-0.05, 0) is 50.2 Å². The third-order valence-electron chi connectivity index (χ3n) is 3.95. The van der Waals surface area contributed by atoms with Crippen molar-refractivity contribution >= 4 is 23.3 Å². The number of furan rings is 1. The van der Waals surface area contributed by atoms with Gasteiger partial charge in [-0.2, -0.15) is 0 Å². The highest BCUT2D eigenvalue weighted by atomic mass is 35.5. The number of benzene rings is 1. The van der Waals surface area contributed by atoms with E-state index in [1.807, 2.05) is 29.7 Å². The van der Waals surface area contributed by atoms with Crippen LogP contribution < -0.4 is 5.32 Å². The van der Waals surface area contributed by atoms with E-state index in [0.29, 0.717) is 22.0 Å². The van der Waals surface area contributed by atoms with Gasteiger partial charge in [-0.1, -0.05) is 17.7 Å². The lowest BCUT2D eigenvalue weighted by Gasteiger charge is -2.10. The maximum Gasteiger partial charge on any atom is 0.292 e. The highest BCUT2D eigenvalue weighted by molar-refractivity contribution is 6.43. The van der Waals surface area contributed by atoms with Gasteiger partial charge in [0.15, 0.2) is 0 Å². The van der Waals surface area contributed by atoms with Gasteiger partial charge in [-0.3, -0.25) is 9.59 Å². The molecule has 0 aliphatic rings. The first kappa shape index (κ1) is 17.0. The Morgan fingerprint density at radius 3 is 2.64 bits per heavy atom. The van der Waals surface area contributed by atoms with Gasteiger partial charge in [-0.25, -0.2) is 0 Å². The predicted octanol–water partition coefficient (Wildman–Crippen LogP) is 3.84. The second kappa shape index (κ2) is 6.99. The normalized spacial score (nSPS) is 10.7. The lowest BCUT2D eigenvalue weighted by Crippen LogP contribution is -2.30. The molecule has 1 N–H and O–H groups in total. The van der Waals surface area contributed by atoms with Crippen molar-refractivity contribution in [3.8, 4) is 5.69 Å². The fraction of sp³-hybridized carbons (Fsp3) is 0.158. The van der Waals surface area contributed by atoms with E-state index in [1.54, 1.807) is 31.2 Å². The third kappa shape index (κ3) is 3.51. The Morgan fingerprint density at radius 2 is 1.96 bits per heavy atom. The van der Waals surface area contributed by atoms with Crippen LogP contribution in [0.3, 0.4) is 0 Å². The summed E-state index contributed by atoms with van der Waals surface area (Å²) in [6, 6.07) is 12.5. The molecule has 0 unspecified atom stereocenters. The molecular weight excluding hydrogens is 340 g/mol. The Balaban J connectivity index is 1.84. The quantitative estimate of drug-likeness (QED) is 0.558. The number of nitrogens with one attached hydrogen (secondary N) is 1. The smallest absolute Gasteiger partial charge is 0.292 e. The molecule has 0 bridgehead atoms. The van der Waals surface area contributed by atoms with Gasteiger partial charge >= 0.3 is 0 Å². The highest BCUT2D eigenvalue weighted by Crippen LogP contribution is 2.23. The molecule has 0 saturated carbocycles. The minimum atomic E-state index is -0.664. The number of aromatic nitrogens is 1. The predicted molar refractivity (Wildman–Crippen MR) is 95.1 cm³/mol. The van der Waals surface area contributed by atoms with Crippen LogP contribution in [0.2, 0.25) is 5.02 Å². The number of carbonyl (C=O) groups excluding carboxylic acids is 2. The Labute approximate surface area is 150 Å². The van der Waals surface area contributed by atoms with E-state index >= 15 is 0 Å². The summed E-state index contributed by atoms with van der Waals surface area (Å²) < 4.78 is 7.04. The number of hydrogen-bond donors (Lipinski definition) is 1. The van der Waals surface area contributed by atoms with E-state index in [9.17, 15) is 9.59 Å². The molecule has 0 fully saturated rings. The maximum absolute atomic E-state index is 12.5. The fourth-order valence-corrected chi connectivity index (χ4v) is 2.97. The summed E-state index contributed by atoms with van der Waals surface area (Å²) in [6.45, 7) is 3.86. The summed E-state index contributed by atoms with van der Waals surface area (Å²) in [5.74, 6) is -0.652. The summed E-state index contributed by atoms with van der Waals surface area (Å²) in [7, 11) is 0. The zero-order valence-corrected chi connectivity index (χ0v) is 14.6. The number of hydrogen-bond acceptors (Lipinski definition) is 3. The van der Waals surface area contributed by atoms with Crippen molar-refractivity contribution in [1.29, 1.82) is 0 Å². The first-order valence-corrected chi connectivity index (χ1v) is 8.15. The summed E-state index contributed by atoms with van der Waals surface area (Å²) in [6.07, 6.45) is 1.52. The Bertz CT molecular complexity index is 926. The van der Waals surface area contributed by atoms with Gasteiger partial charge in [0.2, 0.25) is 0 Å². The van der Waals surface area contributed by atoms with Crippen LogP contribution in [0, 0.1) is 13.8 Å². The van der Waals surface area contributed by atoms with Crippen molar-refractivity contribution < 1.29 is 14.0 Å². The van der Waals surface area contributed by atoms with Crippen molar-refractivity contribution in [1.82, 2.24) is 9.88 Å².